The van der Waals surface area contributed by atoms with E-state index in [0.29, 0.717) is 0 Å². The predicted octanol–water partition coefficient (Wildman–Crippen LogP) is 1.38. The molecule has 2 atom stereocenters. The Hall–Kier alpha value is -0.710. The molecule has 4 heteroatoms. The average molecular weight is 253 g/mol. The third-order valence-electron chi connectivity index (χ3n) is 3.14. The van der Waals surface area contributed by atoms with Gasteiger partial charge in [-0.3, -0.25) is 9.11 Å². The Kier molecular flexibility index (Phi) is 4.31. The first kappa shape index (κ1) is 12.7. The number of benzene rings is 1. The molecule has 2 rings (SSSR count). The number of hydrogen-bond donors (Lipinski definition) is 1. The molecule has 0 aliphatic carbocycles. The lowest BCUT2D eigenvalue weighted by molar-refractivity contribution is 0.0668. The van der Waals surface area contributed by atoms with E-state index in [1.165, 1.54) is 5.56 Å². The lowest BCUT2D eigenvalue weighted by Crippen LogP contribution is -2.37. The minimum absolute atomic E-state index is 0.175. The van der Waals surface area contributed by atoms with Crippen LogP contribution in [0.2, 0.25) is 0 Å². The van der Waals surface area contributed by atoms with E-state index in [9.17, 15) is 9.32 Å². The number of β-amino-alcohol motifs (C(OH)–C–C–N with tert-alkyl or cyclic N) is 1. The van der Waals surface area contributed by atoms with E-state index in [-0.39, 0.29) is 6.10 Å². The van der Waals surface area contributed by atoms with Crippen molar-refractivity contribution in [3.8, 4) is 0 Å². The van der Waals surface area contributed by atoms with Gasteiger partial charge in [-0.15, -0.1) is 0 Å². The molecule has 1 saturated heterocycles. The number of likely N-dealkylation sites (tertiary alicyclic amines) is 1. The van der Waals surface area contributed by atoms with Crippen molar-refractivity contribution >= 4 is 10.8 Å². The highest BCUT2D eigenvalue weighted by Gasteiger charge is 2.17. The van der Waals surface area contributed by atoms with Crippen molar-refractivity contribution in [1.82, 2.24) is 4.90 Å². The summed E-state index contributed by atoms with van der Waals surface area (Å²) in [5, 5.41) is 9.59. The summed E-state index contributed by atoms with van der Waals surface area (Å²) in [6.45, 7) is 2.69. The zero-order chi connectivity index (χ0) is 12.3. The first-order valence-corrected chi connectivity index (χ1v) is 7.54. The molecule has 1 fully saturated rings. The summed E-state index contributed by atoms with van der Waals surface area (Å²) in [5.41, 5.74) is 1.22. The van der Waals surface area contributed by atoms with Crippen LogP contribution in [0.25, 0.3) is 0 Å². The van der Waals surface area contributed by atoms with E-state index in [1.54, 1.807) is 6.26 Å². The minimum atomic E-state index is -0.903. The third kappa shape index (κ3) is 3.63. The van der Waals surface area contributed by atoms with Gasteiger partial charge in [0.1, 0.15) is 0 Å². The summed E-state index contributed by atoms with van der Waals surface area (Å²) >= 11 is 0. The zero-order valence-electron chi connectivity index (χ0n) is 10.1. The number of rotatable bonds is 3. The van der Waals surface area contributed by atoms with Gasteiger partial charge in [0.25, 0.3) is 0 Å². The fourth-order valence-electron chi connectivity index (χ4n) is 2.22. The Morgan fingerprint density at radius 3 is 2.71 bits per heavy atom. The Bertz CT molecular complexity index is 391. The van der Waals surface area contributed by atoms with Crippen molar-refractivity contribution in [2.45, 2.75) is 30.4 Å². The van der Waals surface area contributed by atoms with Crippen molar-refractivity contribution in [3.05, 3.63) is 29.8 Å². The fraction of sp³-hybridized carbons (Fsp3) is 0.538. The van der Waals surface area contributed by atoms with Gasteiger partial charge in [-0.25, -0.2) is 0 Å². The summed E-state index contributed by atoms with van der Waals surface area (Å²) < 4.78 is 11.3. The van der Waals surface area contributed by atoms with E-state index in [0.717, 1.165) is 37.4 Å². The van der Waals surface area contributed by atoms with Crippen molar-refractivity contribution in [3.63, 3.8) is 0 Å². The molecule has 0 aromatic heterocycles. The summed E-state index contributed by atoms with van der Waals surface area (Å²) in [6, 6.07) is 7.90. The number of piperidine rings is 1. The third-order valence-corrected chi connectivity index (χ3v) is 4.08. The van der Waals surface area contributed by atoms with E-state index >= 15 is 0 Å². The second-order valence-electron chi connectivity index (χ2n) is 4.63. The van der Waals surface area contributed by atoms with Gasteiger partial charge in [0.15, 0.2) is 0 Å². The lowest BCUT2D eigenvalue weighted by Gasteiger charge is -2.29. The van der Waals surface area contributed by atoms with Crippen LogP contribution in [0.5, 0.6) is 0 Å². The van der Waals surface area contributed by atoms with Crippen LogP contribution >= 0.6 is 0 Å². The lowest BCUT2D eigenvalue weighted by atomic mass is 10.1. The maximum Gasteiger partial charge on any atom is 0.0667 e. The molecule has 1 aliphatic rings. The van der Waals surface area contributed by atoms with Gasteiger partial charge in [-0.1, -0.05) is 12.1 Å². The van der Waals surface area contributed by atoms with Crippen LogP contribution in [-0.2, 0) is 17.3 Å². The highest BCUT2D eigenvalue weighted by Crippen LogP contribution is 2.14. The molecular formula is C13H19NO2S. The molecule has 0 saturated carbocycles. The van der Waals surface area contributed by atoms with Gasteiger partial charge in [0.2, 0.25) is 0 Å². The predicted molar refractivity (Wildman–Crippen MR) is 69.3 cm³/mol. The van der Waals surface area contributed by atoms with Crippen LogP contribution in [0.4, 0.5) is 0 Å². The van der Waals surface area contributed by atoms with Gasteiger partial charge in [0, 0.05) is 35.0 Å². The molecule has 3 nitrogen and oxygen atoms in total. The molecule has 1 aromatic rings. The quantitative estimate of drug-likeness (QED) is 0.885. The molecule has 1 N–H and O–H groups in total. The molecule has 1 aromatic carbocycles. The van der Waals surface area contributed by atoms with Crippen LogP contribution in [0.1, 0.15) is 18.4 Å². The van der Waals surface area contributed by atoms with Crippen molar-refractivity contribution < 1.29 is 9.32 Å². The fourth-order valence-corrected chi connectivity index (χ4v) is 2.74. The van der Waals surface area contributed by atoms with Gasteiger partial charge in [-0.2, -0.15) is 0 Å². The van der Waals surface area contributed by atoms with E-state index in [1.807, 2.05) is 24.3 Å². The Morgan fingerprint density at radius 2 is 2.12 bits per heavy atom. The maximum absolute atomic E-state index is 11.3. The second-order valence-corrected chi connectivity index (χ2v) is 6.01. The first-order chi connectivity index (χ1) is 8.15. The zero-order valence-corrected chi connectivity index (χ0v) is 10.9. The molecule has 0 amide bonds. The van der Waals surface area contributed by atoms with Crippen LogP contribution in [-0.4, -0.2) is 39.7 Å². The normalized spacial score (nSPS) is 23.5. The summed E-state index contributed by atoms with van der Waals surface area (Å²) in [4.78, 5) is 3.14. The Balaban J connectivity index is 1.96. The summed E-state index contributed by atoms with van der Waals surface area (Å²) in [5.74, 6) is 0. The average Bonchev–Trinajstić information content (AvgIpc) is 2.29. The number of aliphatic hydroxyl groups excluding tert-OH is 1. The number of aliphatic hydroxyl groups is 1. The monoisotopic (exact) mass is 253 g/mol. The highest BCUT2D eigenvalue weighted by atomic mass is 32.2. The second kappa shape index (κ2) is 5.76. The van der Waals surface area contributed by atoms with Gasteiger partial charge in [-0.05, 0) is 37.1 Å². The van der Waals surface area contributed by atoms with E-state index < -0.39 is 10.8 Å². The van der Waals surface area contributed by atoms with E-state index in [2.05, 4.69) is 4.90 Å². The SMILES string of the molecule is CS(=O)c1ccc(CN2CCCC(O)C2)cc1. The number of hydrogen-bond acceptors (Lipinski definition) is 3. The summed E-state index contributed by atoms with van der Waals surface area (Å²) in [7, 11) is -0.903. The minimum Gasteiger partial charge on any atom is -0.392 e. The Labute approximate surface area is 105 Å². The smallest absolute Gasteiger partial charge is 0.0667 e. The largest absolute Gasteiger partial charge is 0.392 e. The van der Waals surface area contributed by atoms with Gasteiger partial charge < -0.3 is 5.11 Å². The standard InChI is InChI=1S/C13H19NO2S/c1-17(16)13-6-4-11(5-7-13)9-14-8-2-3-12(15)10-14/h4-7,12,15H,2-3,8-10H2,1H3. The van der Waals surface area contributed by atoms with Crippen LogP contribution in [0.3, 0.4) is 0 Å². The molecule has 0 radical (unpaired) electrons. The first-order valence-electron chi connectivity index (χ1n) is 5.98. The molecule has 1 aliphatic heterocycles. The topological polar surface area (TPSA) is 40.5 Å². The highest BCUT2D eigenvalue weighted by molar-refractivity contribution is 7.84. The molecule has 1 heterocycles. The van der Waals surface area contributed by atoms with Crippen molar-refractivity contribution in [2.75, 3.05) is 19.3 Å². The molecule has 17 heavy (non-hydrogen) atoms. The molecule has 0 spiro atoms. The molecular weight excluding hydrogens is 234 g/mol. The summed E-state index contributed by atoms with van der Waals surface area (Å²) in [6.07, 6.45) is 3.50. The van der Waals surface area contributed by atoms with Crippen molar-refractivity contribution in [1.29, 1.82) is 0 Å². The molecule has 0 bridgehead atoms. The van der Waals surface area contributed by atoms with Gasteiger partial charge in [0.05, 0.1) is 6.10 Å². The molecule has 94 valence electrons. The van der Waals surface area contributed by atoms with Crippen molar-refractivity contribution in [2.24, 2.45) is 0 Å². The van der Waals surface area contributed by atoms with E-state index in [4.69, 9.17) is 0 Å². The van der Waals surface area contributed by atoms with Crippen LogP contribution in [0, 0.1) is 0 Å². The van der Waals surface area contributed by atoms with Crippen LogP contribution in [0.15, 0.2) is 29.2 Å². The molecule has 2 unspecified atom stereocenters. The number of nitrogens with zero attached hydrogens (tertiary/aromatic N) is 1. The van der Waals surface area contributed by atoms with Crippen LogP contribution < -0.4 is 0 Å². The maximum atomic E-state index is 11.3. The van der Waals surface area contributed by atoms with Gasteiger partial charge >= 0.3 is 0 Å². The Morgan fingerprint density at radius 1 is 1.41 bits per heavy atom.